The van der Waals surface area contributed by atoms with Gasteiger partial charge in [-0.25, -0.2) is 0 Å². The van der Waals surface area contributed by atoms with Crippen molar-refractivity contribution in [2.24, 2.45) is 0 Å². The SMILES string of the molecule is Cc1cccc2cc(N3CCC(N4CCN(C)CC4)C3)c(=O)[nH]c12.Cl.Cl. The molecule has 2 fully saturated rings. The lowest BCUT2D eigenvalue weighted by Gasteiger charge is -2.36. The minimum atomic E-state index is 0. The second kappa shape index (κ2) is 8.61. The third-order valence-electron chi connectivity index (χ3n) is 5.63. The predicted molar refractivity (Wildman–Crippen MR) is 113 cm³/mol. The lowest BCUT2D eigenvalue weighted by atomic mass is 10.1. The number of fused-ring (bicyclic) bond motifs is 1. The van der Waals surface area contributed by atoms with Crippen molar-refractivity contribution >= 4 is 41.4 Å². The van der Waals surface area contributed by atoms with E-state index < -0.39 is 0 Å². The number of H-pyrrole nitrogens is 1. The van der Waals surface area contributed by atoms with E-state index in [9.17, 15) is 4.79 Å². The van der Waals surface area contributed by atoms with Crippen LogP contribution in [0.15, 0.2) is 29.1 Å². The molecular weight excluding hydrogens is 371 g/mol. The number of nitrogens with one attached hydrogen (secondary N) is 1. The van der Waals surface area contributed by atoms with E-state index >= 15 is 0 Å². The molecular formula is C19H28Cl2N4O. The fourth-order valence-corrected chi connectivity index (χ4v) is 4.05. The van der Waals surface area contributed by atoms with Gasteiger partial charge in [0, 0.05) is 50.7 Å². The number of hydrogen-bond acceptors (Lipinski definition) is 4. The molecule has 2 aromatic rings. The number of aryl methyl sites for hydroxylation is 1. The van der Waals surface area contributed by atoms with E-state index in [-0.39, 0.29) is 30.4 Å². The molecule has 1 atom stereocenters. The van der Waals surface area contributed by atoms with Crippen molar-refractivity contribution in [1.29, 1.82) is 0 Å². The van der Waals surface area contributed by atoms with Gasteiger partial charge in [0.1, 0.15) is 5.69 Å². The Morgan fingerprint density at radius 3 is 2.54 bits per heavy atom. The molecule has 2 aliphatic rings. The predicted octanol–water partition coefficient (Wildman–Crippen LogP) is 2.51. The summed E-state index contributed by atoms with van der Waals surface area (Å²) in [6, 6.07) is 8.81. The van der Waals surface area contributed by atoms with Crippen LogP contribution in [0.5, 0.6) is 0 Å². The fraction of sp³-hybridized carbons (Fsp3) is 0.526. The summed E-state index contributed by atoms with van der Waals surface area (Å²) >= 11 is 0. The van der Waals surface area contributed by atoms with Crippen LogP contribution >= 0.6 is 24.8 Å². The Hall–Kier alpha value is -1.27. The van der Waals surface area contributed by atoms with Crippen LogP contribution in [0.4, 0.5) is 5.69 Å². The van der Waals surface area contributed by atoms with Crippen LogP contribution in [0.1, 0.15) is 12.0 Å². The average molecular weight is 399 g/mol. The summed E-state index contributed by atoms with van der Waals surface area (Å²) in [5.41, 5.74) is 2.94. The normalized spacial score (nSPS) is 21.5. The van der Waals surface area contributed by atoms with Gasteiger partial charge in [0.15, 0.2) is 0 Å². The Morgan fingerprint density at radius 1 is 1.08 bits per heavy atom. The van der Waals surface area contributed by atoms with Gasteiger partial charge in [-0.3, -0.25) is 9.69 Å². The van der Waals surface area contributed by atoms with Gasteiger partial charge in [0.05, 0.1) is 5.52 Å². The van der Waals surface area contributed by atoms with E-state index in [0.29, 0.717) is 6.04 Å². The van der Waals surface area contributed by atoms with Crippen molar-refractivity contribution in [2.45, 2.75) is 19.4 Å². The first kappa shape index (κ1) is 21.0. The fourth-order valence-electron chi connectivity index (χ4n) is 4.05. The van der Waals surface area contributed by atoms with Gasteiger partial charge in [-0.1, -0.05) is 18.2 Å². The molecule has 144 valence electrons. The number of aromatic amines is 1. The summed E-state index contributed by atoms with van der Waals surface area (Å²) < 4.78 is 0. The minimum absolute atomic E-state index is 0. The molecule has 0 saturated carbocycles. The number of benzene rings is 1. The third-order valence-corrected chi connectivity index (χ3v) is 5.63. The van der Waals surface area contributed by atoms with Crippen molar-refractivity contribution in [3.8, 4) is 0 Å². The second-order valence-electron chi connectivity index (χ2n) is 7.25. The van der Waals surface area contributed by atoms with Crippen LogP contribution in [0, 0.1) is 6.92 Å². The average Bonchev–Trinajstić information content (AvgIpc) is 3.06. The van der Waals surface area contributed by atoms with Gasteiger partial charge < -0.3 is 14.8 Å². The molecule has 26 heavy (non-hydrogen) atoms. The van der Waals surface area contributed by atoms with Gasteiger partial charge in [0.25, 0.3) is 5.56 Å². The Balaban J connectivity index is 0.00000121. The smallest absolute Gasteiger partial charge is 0.271 e. The van der Waals surface area contributed by atoms with E-state index in [1.54, 1.807) is 0 Å². The Labute approximate surface area is 167 Å². The van der Waals surface area contributed by atoms with E-state index in [4.69, 9.17) is 0 Å². The first-order valence-corrected chi connectivity index (χ1v) is 8.92. The number of piperazine rings is 1. The number of halogens is 2. The summed E-state index contributed by atoms with van der Waals surface area (Å²) in [5.74, 6) is 0. The topological polar surface area (TPSA) is 42.6 Å². The Morgan fingerprint density at radius 2 is 1.81 bits per heavy atom. The molecule has 0 radical (unpaired) electrons. The first-order chi connectivity index (χ1) is 11.6. The van der Waals surface area contributed by atoms with Crippen molar-refractivity contribution in [1.82, 2.24) is 14.8 Å². The van der Waals surface area contributed by atoms with Crippen molar-refractivity contribution in [3.63, 3.8) is 0 Å². The highest BCUT2D eigenvalue weighted by atomic mass is 35.5. The molecule has 2 aliphatic heterocycles. The summed E-state index contributed by atoms with van der Waals surface area (Å²) in [6.07, 6.45) is 1.15. The first-order valence-electron chi connectivity index (χ1n) is 8.92. The van der Waals surface area contributed by atoms with Gasteiger partial charge >= 0.3 is 0 Å². The second-order valence-corrected chi connectivity index (χ2v) is 7.25. The number of para-hydroxylation sites is 1. The van der Waals surface area contributed by atoms with E-state index in [0.717, 1.165) is 67.8 Å². The lowest BCUT2D eigenvalue weighted by Crippen LogP contribution is -2.49. The van der Waals surface area contributed by atoms with E-state index in [1.807, 2.05) is 13.0 Å². The summed E-state index contributed by atoms with van der Waals surface area (Å²) in [4.78, 5) is 22.9. The molecule has 0 aliphatic carbocycles. The molecule has 1 N–H and O–H groups in total. The lowest BCUT2D eigenvalue weighted by molar-refractivity contribution is 0.120. The zero-order chi connectivity index (χ0) is 16.7. The maximum Gasteiger partial charge on any atom is 0.271 e. The van der Waals surface area contributed by atoms with Crippen LogP contribution in [0.25, 0.3) is 10.9 Å². The molecule has 2 saturated heterocycles. The molecule has 1 aromatic heterocycles. The standard InChI is InChI=1S/C19H26N4O.2ClH/c1-14-4-3-5-15-12-17(19(24)20-18(14)15)23-7-6-16(13-23)22-10-8-21(2)9-11-22;;/h3-5,12,16H,6-11,13H2,1-2H3,(H,20,24);2*1H. The molecule has 0 bridgehead atoms. The van der Waals surface area contributed by atoms with E-state index in [1.165, 1.54) is 0 Å². The van der Waals surface area contributed by atoms with Crippen LogP contribution in [-0.2, 0) is 0 Å². The van der Waals surface area contributed by atoms with Gasteiger partial charge in [-0.2, -0.15) is 0 Å². The molecule has 3 heterocycles. The Bertz CT molecular complexity index is 802. The largest absolute Gasteiger partial charge is 0.365 e. The number of rotatable bonds is 2. The van der Waals surface area contributed by atoms with E-state index in [2.05, 4.69) is 44.9 Å². The number of hydrogen-bond donors (Lipinski definition) is 1. The van der Waals surface area contributed by atoms with Gasteiger partial charge in [-0.15, -0.1) is 24.8 Å². The molecule has 1 unspecified atom stereocenters. The van der Waals surface area contributed by atoms with Crippen LogP contribution in [-0.4, -0.2) is 67.1 Å². The summed E-state index contributed by atoms with van der Waals surface area (Å²) in [6.45, 7) is 8.54. The van der Waals surface area contributed by atoms with Crippen LogP contribution in [0.3, 0.4) is 0 Å². The number of likely N-dealkylation sites (N-methyl/N-ethyl adjacent to an activating group) is 1. The van der Waals surface area contributed by atoms with Crippen molar-refractivity contribution in [3.05, 3.63) is 40.2 Å². The van der Waals surface area contributed by atoms with Gasteiger partial charge in [0.2, 0.25) is 0 Å². The molecule has 0 amide bonds. The molecule has 4 rings (SSSR count). The Kier molecular flexibility index (Phi) is 6.97. The highest BCUT2D eigenvalue weighted by Gasteiger charge is 2.30. The highest BCUT2D eigenvalue weighted by molar-refractivity contribution is 5.86. The maximum absolute atomic E-state index is 12.6. The van der Waals surface area contributed by atoms with Gasteiger partial charge in [-0.05, 0) is 32.0 Å². The van der Waals surface area contributed by atoms with Crippen molar-refractivity contribution < 1.29 is 0 Å². The molecule has 1 aromatic carbocycles. The third kappa shape index (κ3) is 4.01. The number of anilines is 1. The van der Waals surface area contributed by atoms with Crippen LogP contribution < -0.4 is 10.5 Å². The zero-order valence-electron chi connectivity index (χ0n) is 15.4. The summed E-state index contributed by atoms with van der Waals surface area (Å²) in [7, 11) is 2.19. The molecule has 5 nitrogen and oxygen atoms in total. The monoisotopic (exact) mass is 398 g/mol. The summed E-state index contributed by atoms with van der Waals surface area (Å²) in [5, 5.41) is 1.12. The van der Waals surface area contributed by atoms with Crippen LogP contribution in [0.2, 0.25) is 0 Å². The quantitative estimate of drug-likeness (QED) is 0.843. The molecule has 7 heteroatoms. The maximum atomic E-state index is 12.6. The number of nitrogens with zero attached hydrogens (tertiary/aromatic N) is 3. The number of pyridine rings is 1. The minimum Gasteiger partial charge on any atom is -0.365 e. The number of aromatic nitrogens is 1. The molecule has 0 spiro atoms. The van der Waals surface area contributed by atoms with Crippen molar-refractivity contribution in [2.75, 3.05) is 51.2 Å². The highest BCUT2D eigenvalue weighted by Crippen LogP contribution is 2.24. The zero-order valence-corrected chi connectivity index (χ0v) is 17.0.